The molecule has 19 heavy (non-hydrogen) atoms. The lowest BCUT2D eigenvalue weighted by Crippen LogP contribution is -2.49. The van der Waals surface area contributed by atoms with Crippen LogP contribution in [0.5, 0.6) is 0 Å². The maximum atomic E-state index is 12.5. The van der Waals surface area contributed by atoms with Gasteiger partial charge in [0.1, 0.15) is 0 Å². The standard InChI is InChI=1S/C13H14Br3NO2/c1-8-6-17(7-12(5-14)19-8)13(18)9-2-10(15)4-11(16)3-9/h2-4,8,12H,5-7H2,1H3. The zero-order chi connectivity index (χ0) is 14.0. The molecule has 0 spiro atoms. The van der Waals surface area contributed by atoms with Crippen LogP contribution in [-0.4, -0.2) is 41.4 Å². The first kappa shape index (κ1) is 15.5. The van der Waals surface area contributed by atoms with Crippen LogP contribution in [0.1, 0.15) is 17.3 Å². The SMILES string of the molecule is CC1CN(C(=O)c2cc(Br)cc(Br)c2)CC(CBr)O1. The van der Waals surface area contributed by atoms with Gasteiger partial charge in [0.15, 0.2) is 0 Å². The maximum Gasteiger partial charge on any atom is 0.254 e. The fourth-order valence-electron chi connectivity index (χ4n) is 2.16. The van der Waals surface area contributed by atoms with E-state index >= 15 is 0 Å². The van der Waals surface area contributed by atoms with Crippen LogP contribution in [0.2, 0.25) is 0 Å². The van der Waals surface area contributed by atoms with Crippen LogP contribution in [0.15, 0.2) is 27.1 Å². The topological polar surface area (TPSA) is 29.5 Å². The molecule has 1 heterocycles. The van der Waals surface area contributed by atoms with E-state index < -0.39 is 0 Å². The summed E-state index contributed by atoms with van der Waals surface area (Å²) in [6.07, 6.45) is 0.124. The van der Waals surface area contributed by atoms with E-state index in [2.05, 4.69) is 47.8 Å². The van der Waals surface area contributed by atoms with Crippen molar-refractivity contribution in [3.63, 3.8) is 0 Å². The molecule has 6 heteroatoms. The number of benzene rings is 1. The Morgan fingerprint density at radius 1 is 1.32 bits per heavy atom. The molecule has 1 aliphatic rings. The van der Waals surface area contributed by atoms with Crippen LogP contribution in [0.3, 0.4) is 0 Å². The number of ether oxygens (including phenoxy) is 1. The fraction of sp³-hybridized carbons (Fsp3) is 0.462. The van der Waals surface area contributed by atoms with Gasteiger partial charge in [-0.25, -0.2) is 0 Å². The number of carbonyl (C=O) groups is 1. The Kier molecular flexibility index (Phi) is 5.45. The van der Waals surface area contributed by atoms with Gasteiger partial charge < -0.3 is 9.64 Å². The quantitative estimate of drug-likeness (QED) is 0.634. The molecular formula is C13H14Br3NO2. The van der Waals surface area contributed by atoms with E-state index in [4.69, 9.17) is 4.74 Å². The maximum absolute atomic E-state index is 12.5. The van der Waals surface area contributed by atoms with Gasteiger partial charge in [-0.3, -0.25) is 4.79 Å². The zero-order valence-electron chi connectivity index (χ0n) is 10.4. The smallest absolute Gasteiger partial charge is 0.254 e. The van der Waals surface area contributed by atoms with Gasteiger partial charge >= 0.3 is 0 Å². The Morgan fingerprint density at radius 2 is 1.95 bits per heavy atom. The van der Waals surface area contributed by atoms with Gasteiger partial charge in [-0.15, -0.1) is 0 Å². The number of hydrogen-bond donors (Lipinski definition) is 0. The molecule has 2 rings (SSSR count). The lowest BCUT2D eigenvalue weighted by molar-refractivity contribution is -0.0559. The van der Waals surface area contributed by atoms with E-state index in [-0.39, 0.29) is 18.1 Å². The molecule has 2 unspecified atom stereocenters. The first-order valence-corrected chi connectivity index (χ1v) is 8.67. The van der Waals surface area contributed by atoms with Crippen molar-refractivity contribution < 1.29 is 9.53 Å². The number of rotatable bonds is 2. The highest BCUT2D eigenvalue weighted by molar-refractivity contribution is 9.11. The third-order valence-electron chi connectivity index (χ3n) is 2.90. The second kappa shape index (κ2) is 6.70. The highest BCUT2D eigenvalue weighted by atomic mass is 79.9. The molecule has 0 saturated carbocycles. The Labute approximate surface area is 138 Å². The number of alkyl halides is 1. The van der Waals surface area contributed by atoms with E-state index in [1.165, 1.54) is 0 Å². The molecule has 1 saturated heterocycles. The first-order valence-electron chi connectivity index (χ1n) is 5.96. The van der Waals surface area contributed by atoms with E-state index in [0.29, 0.717) is 18.7 Å². The van der Waals surface area contributed by atoms with E-state index in [9.17, 15) is 4.79 Å². The fourth-order valence-corrected chi connectivity index (χ4v) is 3.81. The van der Waals surface area contributed by atoms with Crippen molar-refractivity contribution in [2.24, 2.45) is 0 Å². The zero-order valence-corrected chi connectivity index (χ0v) is 15.2. The van der Waals surface area contributed by atoms with Crippen molar-refractivity contribution >= 4 is 53.7 Å². The van der Waals surface area contributed by atoms with Crippen molar-refractivity contribution in [3.05, 3.63) is 32.7 Å². The second-order valence-corrected chi connectivity index (χ2v) is 7.07. The van der Waals surface area contributed by atoms with Crippen molar-refractivity contribution in [1.29, 1.82) is 0 Å². The lowest BCUT2D eigenvalue weighted by atomic mass is 10.1. The highest BCUT2D eigenvalue weighted by Crippen LogP contribution is 2.22. The summed E-state index contributed by atoms with van der Waals surface area (Å²) >= 11 is 10.2. The monoisotopic (exact) mass is 453 g/mol. The summed E-state index contributed by atoms with van der Waals surface area (Å²) in [6.45, 7) is 3.25. The van der Waals surface area contributed by atoms with Crippen LogP contribution in [0.25, 0.3) is 0 Å². The normalized spacial score (nSPS) is 23.5. The predicted octanol–water partition coefficient (Wildman–Crippen LogP) is 3.84. The molecule has 2 atom stereocenters. The molecule has 0 radical (unpaired) electrons. The van der Waals surface area contributed by atoms with Gasteiger partial charge in [-0.2, -0.15) is 0 Å². The Morgan fingerprint density at radius 3 is 2.53 bits per heavy atom. The van der Waals surface area contributed by atoms with Crippen molar-refractivity contribution in [2.75, 3.05) is 18.4 Å². The van der Waals surface area contributed by atoms with E-state index in [1.807, 2.05) is 30.0 Å². The van der Waals surface area contributed by atoms with Gasteiger partial charge in [0.2, 0.25) is 0 Å². The summed E-state index contributed by atoms with van der Waals surface area (Å²) in [5.41, 5.74) is 0.684. The number of carbonyl (C=O) groups excluding carboxylic acids is 1. The molecule has 1 aromatic carbocycles. The van der Waals surface area contributed by atoms with Crippen molar-refractivity contribution in [2.45, 2.75) is 19.1 Å². The van der Waals surface area contributed by atoms with Crippen LogP contribution >= 0.6 is 47.8 Å². The van der Waals surface area contributed by atoms with Crippen molar-refractivity contribution in [1.82, 2.24) is 4.90 Å². The number of morpholine rings is 1. The largest absolute Gasteiger partial charge is 0.371 e. The number of hydrogen-bond acceptors (Lipinski definition) is 2. The number of halogens is 3. The third kappa shape index (κ3) is 4.03. The van der Waals surface area contributed by atoms with Gasteiger partial charge in [0, 0.05) is 32.9 Å². The number of amides is 1. The van der Waals surface area contributed by atoms with Gasteiger partial charge in [-0.1, -0.05) is 47.8 Å². The Balaban J connectivity index is 2.18. The molecule has 0 aliphatic carbocycles. The lowest BCUT2D eigenvalue weighted by Gasteiger charge is -2.36. The van der Waals surface area contributed by atoms with Crippen LogP contribution in [-0.2, 0) is 4.74 Å². The molecule has 0 N–H and O–H groups in total. The summed E-state index contributed by atoms with van der Waals surface area (Å²) in [6, 6.07) is 5.60. The summed E-state index contributed by atoms with van der Waals surface area (Å²) in [4.78, 5) is 14.4. The summed E-state index contributed by atoms with van der Waals surface area (Å²) < 4.78 is 7.52. The minimum atomic E-state index is 0.0445. The molecule has 1 fully saturated rings. The van der Waals surface area contributed by atoms with E-state index in [0.717, 1.165) is 14.3 Å². The van der Waals surface area contributed by atoms with E-state index in [1.54, 1.807) is 0 Å². The number of nitrogens with zero attached hydrogens (tertiary/aromatic N) is 1. The molecule has 0 bridgehead atoms. The molecule has 1 aromatic rings. The predicted molar refractivity (Wildman–Crippen MR) is 85.9 cm³/mol. The molecular weight excluding hydrogens is 442 g/mol. The van der Waals surface area contributed by atoms with Crippen LogP contribution in [0.4, 0.5) is 0 Å². The van der Waals surface area contributed by atoms with Gasteiger partial charge in [0.25, 0.3) is 5.91 Å². The first-order chi connectivity index (χ1) is 8.99. The second-order valence-electron chi connectivity index (χ2n) is 4.59. The van der Waals surface area contributed by atoms with Crippen LogP contribution < -0.4 is 0 Å². The van der Waals surface area contributed by atoms with Gasteiger partial charge in [0.05, 0.1) is 12.2 Å². The summed E-state index contributed by atoms with van der Waals surface area (Å²) in [7, 11) is 0. The molecule has 1 amide bonds. The van der Waals surface area contributed by atoms with Gasteiger partial charge in [-0.05, 0) is 25.1 Å². The average Bonchev–Trinajstić information content (AvgIpc) is 2.35. The molecule has 1 aliphatic heterocycles. The average molecular weight is 456 g/mol. The highest BCUT2D eigenvalue weighted by Gasteiger charge is 2.28. The third-order valence-corrected chi connectivity index (χ3v) is 4.53. The molecule has 104 valence electrons. The van der Waals surface area contributed by atoms with Crippen molar-refractivity contribution in [3.8, 4) is 0 Å². The Bertz CT molecular complexity index is 461. The minimum absolute atomic E-state index is 0.0445. The summed E-state index contributed by atoms with van der Waals surface area (Å²) in [5, 5.41) is 0.739. The molecule has 3 nitrogen and oxygen atoms in total. The van der Waals surface area contributed by atoms with Crippen LogP contribution in [0, 0.1) is 0 Å². The summed E-state index contributed by atoms with van der Waals surface area (Å²) in [5.74, 6) is 0.0445. The molecule has 0 aromatic heterocycles. The Hall–Kier alpha value is 0.0900. The minimum Gasteiger partial charge on any atom is -0.371 e.